The molecule has 0 aliphatic rings. The zero-order valence-corrected chi connectivity index (χ0v) is 29.1. The van der Waals surface area contributed by atoms with Gasteiger partial charge in [-0.2, -0.15) is 0 Å². The zero-order chi connectivity index (χ0) is 31.7. The lowest BCUT2D eigenvalue weighted by molar-refractivity contribution is 0.231. The summed E-state index contributed by atoms with van der Waals surface area (Å²) in [4.78, 5) is 7.07. The summed E-state index contributed by atoms with van der Waals surface area (Å²) in [7, 11) is 5.66. The second kappa shape index (κ2) is 15.2. The van der Waals surface area contributed by atoms with Gasteiger partial charge in [0.1, 0.15) is 5.75 Å². The van der Waals surface area contributed by atoms with E-state index in [9.17, 15) is 5.11 Å². The molecule has 0 atom stereocenters. The lowest BCUT2D eigenvalue weighted by Crippen LogP contribution is -2.74. The molecule has 0 heterocycles. The molecule has 0 saturated carbocycles. The van der Waals surface area contributed by atoms with Gasteiger partial charge in [-0.1, -0.05) is 124 Å². The minimum Gasteiger partial charge on any atom is -0.508 e. The predicted octanol–water partition coefficient (Wildman–Crippen LogP) is 4.77. The second-order valence-electron chi connectivity index (χ2n) is 13.7. The quantitative estimate of drug-likeness (QED) is 0.165. The number of phenols is 1. The molecule has 234 valence electrons. The number of hydrogen-bond acceptors (Lipinski definition) is 4. The van der Waals surface area contributed by atoms with Crippen molar-refractivity contribution < 1.29 is 5.11 Å². The van der Waals surface area contributed by atoms with Gasteiger partial charge in [-0.3, -0.25) is 4.90 Å². The maximum Gasteiger partial charge on any atom is 0.183 e. The van der Waals surface area contributed by atoms with Crippen molar-refractivity contribution in [1.29, 1.82) is 0 Å². The molecule has 4 rings (SSSR count). The first-order valence-corrected chi connectivity index (χ1v) is 18.1. The standard InChI is InChI=1S/C39H53N3OSi/c1-39(2,3)33-29-32(31-42(27-17-25-40(4)5)28-18-26-41(6)7)38(43)37(30-33)44(34-19-11-8-12-20-34,35-21-13-9-14-22-35)36-23-15-10-16-24-36/h8-16,19-24,29-30,43H,17-18,25-28,31H2,1-7H3. The maximum absolute atomic E-state index is 12.6. The highest BCUT2D eigenvalue weighted by Gasteiger charge is 2.44. The molecule has 0 aliphatic heterocycles. The number of nitrogens with zero attached hydrogens (tertiary/aromatic N) is 3. The molecule has 44 heavy (non-hydrogen) atoms. The molecule has 0 aromatic heterocycles. The average molecular weight is 608 g/mol. The van der Waals surface area contributed by atoms with E-state index in [1.54, 1.807) is 0 Å². The predicted molar refractivity (Wildman–Crippen MR) is 192 cm³/mol. The van der Waals surface area contributed by atoms with Gasteiger partial charge in [-0.25, -0.2) is 0 Å². The summed E-state index contributed by atoms with van der Waals surface area (Å²) in [6.45, 7) is 11.7. The molecule has 0 fully saturated rings. The van der Waals surface area contributed by atoms with Gasteiger partial charge in [0.25, 0.3) is 0 Å². The van der Waals surface area contributed by atoms with Crippen molar-refractivity contribution in [3.63, 3.8) is 0 Å². The van der Waals surface area contributed by atoms with Crippen LogP contribution in [0.3, 0.4) is 0 Å². The first-order valence-electron chi connectivity index (χ1n) is 16.1. The highest BCUT2D eigenvalue weighted by atomic mass is 28.3. The Bertz CT molecular complexity index is 1320. The van der Waals surface area contributed by atoms with E-state index in [-0.39, 0.29) is 5.41 Å². The van der Waals surface area contributed by atoms with Gasteiger partial charge in [-0.15, -0.1) is 0 Å². The lowest BCUT2D eigenvalue weighted by atomic mass is 9.86. The Kier molecular flexibility index (Phi) is 11.6. The fraction of sp³-hybridized carbons (Fsp3) is 0.385. The number of benzene rings is 4. The van der Waals surface area contributed by atoms with E-state index in [1.165, 1.54) is 21.1 Å². The van der Waals surface area contributed by atoms with Crippen LogP contribution in [0.2, 0.25) is 0 Å². The summed E-state index contributed by atoms with van der Waals surface area (Å²) in [5, 5.41) is 17.5. The average Bonchev–Trinajstić information content (AvgIpc) is 3.00. The molecular weight excluding hydrogens is 555 g/mol. The monoisotopic (exact) mass is 607 g/mol. The summed E-state index contributed by atoms with van der Waals surface area (Å²) in [5.74, 6) is 0.450. The normalized spacial score (nSPS) is 12.4. The van der Waals surface area contributed by atoms with Gasteiger partial charge < -0.3 is 14.9 Å². The molecule has 0 radical (unpaired) electrons. The molecule has 4 nitrogen and oxygen atoms in total. The Morgan fingerprint density at radius 3 is 1.36 bits per heavy atom. The SMILES string of the molecule is CN(C)CCCN(CCCN(C)C)Cc1cc(C(C)(C)C)cc([Si](c2ccccc2)(c2ccccc2)c2ccccc2)c1O. The number of hydrogen-bond donors (Lipinski definition) is 1. The van der Waals surface area contributed by atoms with Crippen molar-refractivity contribution in [3.8, 4) is 5.75 Å². The van der Waals surface area contributed by atoms with Crippen LogP contribution in [-0.2, 0) is 12.0 Å². The first-order chi connectivity index (χ1) is 21.0. The fourth-order valence-electron chi connectivity index (χ4n) is 6.30. The largest absolute Gasteiger partial charge is 0.508 e. The van der Waals surface area contributed by atoms with E-state index in [4.69, 9.17) is 0 Å². The molecular formula is C39H53N3OSi. The topological polar surface area (TPSA) is 30.0 Å². The van der Waals surface area contributed by atoms with Crippen LogP contribution in [0, 0.1) is 0 Å². The summed E-state index contributed by atoms with van der Waals surface area (Å²) in [6, 6.07) is 37.4. The summed E-state index contributed by atoms with van der Waals surface area (Å²) in [6.07, 6.45) is 2.19. The van der Waals surface area contributed by atoms with Crippen LogP contribution in [0.25, 0.3) is 0 Å². The van der Waals surface area contributed by atoms with E-state index in [0.29, 0.717) is 5.75 Å². The molecule has 4 aromatic rings. The van der Waals surface area contributed by atoms with Gasteiger partial charge in [0.15, 0.2) is 8.07 Å². The van der Waals surface area contributed by atoms with Crippen LogP contribution < -0.4 is 20.7 Å². The van der Waals surface area contributed by atoms with Gasteiger partial charge >= 0.3 is 0 Å². The Labute approximate surface area is 268 Å². The number of aromatic hydroxyl groups is 1. The van der Waals surface area contributed by atoms with Crippen LogP contribution in [0.4, 0.5) is 0 Å². The maximum atomic E-state index is 12.6. The van der Waals surface area contributed by atoms with Crippen molar-refractivity contribution in [2.24, 2.45) is 0 Å². The van der Waals surface area contributed by atoms with Crippen molar-refractivity contribution in [2.45, 2.75) is 45.6 Å². The van der Waals surface area contributed by atoms with Crippen molar-refractivity contribution >= 4 is 28.8 Å². The van der Waals surface area contributed by atoms with Gasteiger partial charge in [0.05, 0.1) is 0 Å². The highest BCUT2D eigenvalue weighted by Crippen LogP contribution is 2.30. The third-order valence-corrected chi connectivity index (χ3v) is 13.4. The van der Waals surface area contributed by atoms with E-state index in [0.717, 1.165) is 56.3 Å². The fourth-order valence-corrected chi connectivity index (χ4v) is 11.2. The zero-order valence-electron chi connectivity index (χ0n) is 28.1. The third kappa shape index (κ3) is 8.08. The van der Waals surface area contributed by atoms with Crippen LogP contribution in [0.15, 0.2) is 103 Å². The van der Waals surface area contributed by atoms with E-state index in [1.807, 2.05) is 0 Å². The lowest BCUT2D eigenvalue weighted by Gasteiger charge is -2.37. The van der Waals surface area contributed by atoms with Crippen LogP contribution in [0.5, 0.6) is 5.75 Å². The molecule has 0 aliphatic carbocycles. The van der Waals surface area contributed by atoms with Crippen LogP contribution in [0.1, 0.15) is 44.7 Å². The minimum absolute atomic E-state index is 0.0813. The molecule has 0 amide bonds. The molecule has 0 spiro atoms. The second-order valence-corrected chi connectivity index (χ2v) is 17.5. The van der Waals surface area contributed by atoms with Crippen molar-refractivity contribution in [2.75, 3.05) is 54.4 Å². The summed E-state index contributed by atoms with van der Waals surface area (Å²) in [5.41, 5.74) is 2.21. The summed E-state index contributed by atoms with van der Waals surface area (Å²) < 4.78 is 0. The van der Waals surface area contributed by atoms with E-state index >= 15 is 0 Å². The molecule has 0 saturated heterocycles. The van der Waals surface area contributed by atoms with Crippen LogP contribution in [-0.4, -0.2) is 82.2 Å². The smallest absolute Gasteiger partial charge is 0.183 e. The molecule has 4 aromatic carbocycles. The molecule has 0 bridgehead atoms. The number of rotatable bonds is 14. The minimum atomic E-state index is -2.90. The highest BCUT2D eigenvalue weighted by molar-refractivity contribution is 7.20. The summed E-state index contributed by atoms with van der Waals surface area (Å²) >= 11 is 0. The van der Waals surface area contributed by atoms with E-state index < -0.39 is 8.07 Å². The molecule has 5 heteroatoms. The molecule has 0 unspecified atom stereocenters. The van der Waals surface area contributed by atoms with Crippen molar-refractivity contribution in [1.82, 2.24) is 14.7 Å². The van der Waals surface area contributed by atoms with Crippen molar-refractivity contribution in [3.05, 3.63) is 114 Å². The first kappa shape index (κ1) is 33.7. The Hall–Kier alpha value is -3.22. The van der Waals surface area contributed by atoms with Gasteiger partial charge in [0, 0.05) is 12.1 Å². The Balaban J connectivity index is 1.97. The third-order valence-electron chi connectivity index (χ3n) is 8.63. The number of phenolic OH excluding ortho intramolecular Hbond substituents is 1. The van der Waals surface area contributed by atoms with E-state index in [2.05, 4.69) is 167 Å². The van der Waals surface area contributed by atoms with Crippen LogP contribution >= 0.6 is 0 Å². The Morgan fingerprint density at radius 1 is 0.591 bits per heavy atom. The van der Waals surface area contributed by atoms with Gasteiger partial charge in [-0.05, 0) is 98.9 Å². The Morgan fingerprint density at radius 2 is 1.00 bits per heavy atom. The van der Waals surface area contributed by atoms with Gasteiger partial charge in [0.2, 0.25) is 0 Å². The molecule has 1 N–H and O–H groups in total.